The maximum absolute atomic E-state index is 12.5. The zero-order chi connectivity index (χ0) is 17.9. The van der Waals surface area contributed by atoms with E-state index < -0.39 is 0 Å². The Morgan fingerprint density at radius 2 is 1.96 bits per heavy atom. The minimum Gasteiger partial charge on any atom is -0.337 e. The summed E-state index contributed by atoms with van der Waals surface area (Å²) >= 11 is 0. The molecule has 0 aromatic carbocycles. The molecular weight excluding hydrogens is 328 g/mol. The van der Waals surface area contributed by atoms with Gasteiger partial charge in [-0.3, -0.25) is 14.5 Å². The number of nitrogens with zero attached hydrogens (tertiary/aromatic N) is 6. The Labute approximate surface area is 152 Å². The van der Waals surface area contributed by atoms with Gasteiger partial charge in [-0.2, -0.15) is 5.10 Å². The van der Waals surface area contributed by atoms with E-state index in [1.807, 2.05) is 48.7 Å². The Kier molecular flexibility index (Phi) is 4.51. The van der Waals surface area contributed by atoms with Gasteiger partial charge in [-0.1, -0.05) is 6.07 Å². The Hall–Kier alpha value is -2.96. The summed E-state index contributed by atoms with van der Waals surface area (Å²) < 4.78 is 3.83. The topological polar surface area (TPSA) is 68.8 Å². The molecule has 0 N–H and O–H groups in total. The monoisotopic (exact) mass is 350 g/mol. The summed E-state index contributed by atoms with van der Waals surface area (Å²) in [5.41, 5.74) is 1.54. The molecule has 1 amide bonds. The van der Waals surface area contributed by atoms with Crippen LogP contribution in [0.5, 0.6) is 0 Å². The molecule has 7 nitrogen and oxygen atoms in total. The fraction of sp³-hybridized carbons (Fsp3) is 0.368. The molecule has 26 heavy (non-hydrogen) atoms. The van der Waals surface area contributed by atoms with Crippen molar-refractivity contribution in [3.8, 4) is 0 Å². The van der Waals surface area contributed by atoms with Gasteiger partial charge in [0.2, 0.25) is 0 Å². The van der Waals surface area contributed by atoms with Crippen LogP contribution in [-0.4, -0.2) is 48.2 Å². The minimum atomic E-state index is 0.0147. The molecule has 0 bridgehead atoms. The Bertz CT molecular complexity index is 876. The van der Waals surface area contributed by atoms with E-state index in [0.717, 1.165) is 44.0 Å². The van der Waals surface area contributed by atoms with Crippen LogP contribution in [0.25, 0.3) is 0 Å². The normalized spacial score (nSPS) is 15.3. The second-order valence-electron chi connectivity index (χ2n) is 6.68. The molecule has 0 saturated carbocycles. The molecule has 1 aliphatic heterocycles. The molecule has 0 spiro atoms. The van der Waals surface area contributed by atoms with Gasteiger partial charge in [0, 0.05) is 50.8 Å². The van der Waals surface area contributed by atoms with E-state index in [9.17, 15) is 4.79 Å². The first-order valence-electron chi connectivity index (χ1n) is 8.90. The number of carbonyl (C=O) groups excluding carboxylic acids is 1. The highest BCUT2D eigenvalue weighted by Gasteiger charge is 2.27. The minimum absolute atomic E-state index is 0.0147. The summed E-state index contributed by atoms with van der Waals surface area (Å²) in [6.07, 6.45) is 9.30. The highest BCUT2D eigenvalue weighted by atomic mass is 16.2. The number of piperidine rings is 1. The van der Waals surface area contributed by atoms with Gasteiger partial charge in [0.15, 0.2) is 0 Å². The van der Waals surface area contributed by atoms with Gasteiger partial charge in [-0.05, 0) is 31.0 Å². The Balaban J connectivity index is 1.41. The number of carbonyl (C=O) groups is 1. The first-order chi connectivity index (χ1) is 12.7. The van der Waals surface area contributed by atoms with Crippen LogP contribution in [0, 0.1) is 0 Å². The van der Waals surface area contributed by atoms with Gasteiger partial charge in [-0.25, -0.2) is 4.98 Å². The first-order valence-corrected chi connectivity index (χ1v) is 8.90. The van der Waals surface area contributed by atoms with E-state index in [1.165, 1.54) is 0 Å². The first kappa shape index (κ1) is 16.5. The number of amides is 1. The van der Waals surface area contributed by atoms with Crippen molar-refractivity contribution in [1.29, 1.82) is 0 Å². The summed E-state index contributed by atoms with van der Waals surface area (Å²) in [5.74, 6) is 1.46. The quantitative estimate of drug-likeness (QED) is 0.722. The lowest BCUT2D eigenvalue weighted by molar-refractivity contribution is 0.0703. The highest BCUT2D eigenvalue weighted by molar-refractivity contribution is 5.92. The van der Waals surface area contributed by atoms with E-state index in [4.69, 9.17) is 0 Å². The molecule has 4 rings (SSSR count). The molecule has 1 fully saturated rings. The van der Waals surface area contributed by atoms with Crippen LogP contribution < -0.4 is 0 Å². The third-order valence-corrected chi connectivity index (χ3v) is 4.89. The standard InChI is InChI=1S/C19H22N6O/c1-23-10-7-17(22-23)19(26)24-11-5-15(6-12-24)18-21-9-13-25(18)14-16-4-2-3-8-20-16/h2-4,7-10,13,15H,5-6,11-12,14H2,1H3. The molecular formula is C19H22N6O. The third kappa shape index (κ3) is 3.37. The number of aromatic nitrogens is 5. The van der Waals surface area contributed by atoms with Gasteiger partial charge >= 0.3 is 0 Å². The maximum Gasteiger partial charge on any atom is 0.274 e. The number of likely N-dealkylation sites (tertiary alicyclic amines) is 1. The number of imidazole rings is 1. The smallest absolute Gasteiger partial charge is 0.274 e. The van der Waals surface area contributed by atoms with E-state index in [2.05, 4.69) is 19.6 Å². The van der Waals surface area contributed by atoms with Crippen molar-refractivity contribution in [3.63, 3.8) is 0 Å². The lowest BCUT2D eigenvalue weighted by Crippen LogP contribution is -2.38. The zero-order valence-corrected chi connectivity index (χ0v) is 14.8. The van der Waals surface area contributed by atoms with Crippen LogP contribution >= 0.6 is 0 Å². The molecule has 134 valence electrons. The van der Waals surface area contributed by atoms with E-state index in [0.29, 0.717) is 11.6 Å². The second-order valence-corrected chi connectivity index (χ2v) is 6.68. The van der Waals surface area contributed by atoms with E-state index in [-0.39, 0.29) is 5.91 Å². The van der Waals surface area contributed by atoms with Crippen molar-refractivity contribution in [3.05, 3.63) is 66.3 Å². The van der Waals surface area contributed by atoms with Gasteiger partial charge in [0.25, 0.3) is 5.91 Å². The summed E-state index contributed by atoms with van der Waals surface area (Å²) in [7, 11) is 1.82. The summed E-state index contributed by atoms with van der Waals surface area (Å²) in [4.78, 5) is 23.4. The predicted molar refractivity (Wildman–Crippen MR) is 96.7 cm³/mol. The summed E-state index contributed by atoms with van der Waals surface area (Å²) in [6.45, 7) is 2.19. The highest BCUT2D eigenvalue weighted by Crippen LogP contribution is 2.27. The number of hydrogen-bond acceptors (Lipinski definition) is 4. The van der Waals surface area contributed by atoms with Crippen molar-refractivity contribution in [2.75, 3.05) is 13.1 Å². The van der Waals surface area contributed by atoms with Gasteiger partial charge in [-0.15, -0.1) is 0 Å². The van der Waals surface area contributed by atoms with Crippen molar-refractivity contribution < 1.29 is 4.79 Å². The second kappa shape index (κ2) is 7.11. The van der Waals surface area contributed by atoms with Crippen LogP contribution in [0.3, 0.4) is 0 Å². The predicted octanol–water partition coefficient (Wildman–Crippen LogP) is 2.08. The van der Waals surface area contributed by atoms with Crippen molar-refractivity contribution in [2.24, 2.45) is 7.05 Å². The maximum atomic E-state index is 12.5. The molecule has 1 saturated heterocycles. The summed E-state index contributed by atoms with van der Waals surface area (Å²) in [5, 5.41) is 4.22. The lowest BCUT2D eigenvalue weighted by atomic mass is 9.95. The summed E-state index contributed by atoms with van der Waals surface area (Å²) in [6, 6.07) is 7.72. The lowest BCUT2D eigenvalue weighted by Gasteiger charge is -2.31. The third-order valence-electron chi connectivity index (χ3n) is 4.89. The molecule has 3 aromatic rings. The van der Waals surface area contributed by atoms with Crippen LogP contribution in [0.1, 0.15) is 40.8 Å². The van der Waals surface area contributed by atoms with E-state index in [1.54, 1.807) is 16.9 Å². The van der Waals surface area contributed by atoms with Crippen LogP contribution in [0.15, 0.2) is 49.1 Å². The van der Waals surface area contributed by atoms with Gasteiger partial charge in [0.1, 0.15) is 11.5 Å². The number of rotatable bonds is 4. The van der Waals surface area contributed by atoms with Crippen molar-refractivity contribution in [2.45, 2.75) is 25.3 Å². The van der Waals surface area contributed by atoms with Crippen molar-refractivity contribution >= 4 is 5.91 Å². The average Bonchev–Trinajstić information content (AvgIpc) is 3.31. The fourth-order valence-corrected chi connectivity index (χ4v) is 3.51. The average molecular weight is 350 g/mol. The molecule has 1 aliphatic rings. The molecule has 4 heterocycles. The van der Waals surface area contributed by atoms with Gasteiger partial charge in [0.05, 0.1) is 12.2 Å². The van der Waals surface area contributed by atoms with Crippen LogP contribution in [-0.2, 0) is 13.6 Å². The molecule has 7 heteroatoms. The largest absolute Gasteiger partial charge is 0.337 e. The Morgan fingerprint density at radius 3 is 2.65 bits per heavy atom. The Morgan fingerprint density at radius 1 is 1.12 bits per heavy atom. The van der Waals surface area contributed by atoms with Crippen LogP contribution in [0.2, 0.25) is 0 Å². The SMILES string of the molecule is Cn1ccc(C(=O)N2CCC(c3nccn3Cc3ccccn3)CC2)n1. The van der Waals surface area contributed by atoms with E-state index >= 15 is 0 Å². The molecule has 3 aromatic heterocycles. The molecule has 0 unspecified atom stereocenters. The molecule has 0 atom stereocenters. The van der Waals surface area contributed by atoms with Crippen LogP contribution in [0.4, 0.5) is 0 Å². The zero-order valence-electron chi connectivity index (χ0n) is 14.8. The van der Waals surface area contributed by atoms with Crippen molar-refractivity contribution in [1.82, 2.24) is 29.2 Å². The fourth-order valence-electron chi connectivity index (χ4n) is 3.51. The molecule has 0 radical (unpaired) electrons. The van der Waals surface area contributed by atoms with Gasteiger partial charge < -0.3 is 9.47 Å². The number of hydrogen-bond donors (Lipinski definition) is 0. The number of aryl methyl sites for hydroxylation is 1. The molecule has 0 aliphatic carbocycles. The number of pyridine rings is 1.